The summed E-state index contributed by atoms with van der Waals surface area (Å²) in [4.78, 5) is 4.34. The molecule has 0 saturated heterocycles. The molecule has 0 aliphatic heterocycles. The van der Waals surface area contributed by atoms with Crippen LogP contribution in [0.2, 0.25) is 0 Å². The standard InChI is InChI=1S/C15H27N5S/c1-10-14(11(2)20(4)19-10)9-17-15(16-3)18-12-6-7-13(8-12)21-5/h12-13H,6-9H2,1-5H3,(H2,16,17,18). The van der Waals surface area contributed by atoms with E-state index >= 15 is 0 Å². The largest absolute Gasteiger partial charge is 0.354 e. The summed E-state index contributed by atoms with van der Waals surface area (Å²) < 4.78 is 1.93. The lowest BCUT2D eigenvalue weighted by Crippen LogP contribution is -2.42. The maximum absolute atomic E-state index is 4.45. The molecule has 0 spiro atoms. The molecule has 0 amide bonds. The van der Waals surface area contributed by atoms with Crippen molar-refractivity contribution in [3.05, 3.63) is 17.0 Å². The van der Waals surface area contributed by atoms with Gasteiger partial charge in [0, 0.05) is 43.2 Å². The van der Waals surface area contributed by atoms with Crippen LogP contribution in [0.25, 0.3) is 0 Å². The maximum Gasteiger partial charge on any atom is 0.191 e. The van der Waals surface area contributed by atoms with E-state index in [4.69, 9.17) is 0 Å². The maximum atomic E-state index is 4.45. The summed E-state index contributed by atoms with van der Waals surface area (Å²) in [6.45, 7) is 4.93. The Labute approximate surface area is 132 Å². The highest BCUT2D eigenvalue weighted by atomic mass is 32.2. The van der Waals surface area contributed by atoms with Crippen molar-refractivity contribution in [2.45, 2.75) is 50.9 Å². The summed E-state index contributed by atoms with van der Waals surface area (Å²) in [5.74, 6) is 0.893. The fourth-order valence-corrected chi connectivity index (χ4v) is 3.72. The highest BCUT2D eigenvalue weighted by molar-refractivity contribution is 7.99. The van der Waals surface area contributed by atoms with E-state index < -0.39 is 0 Å². The molecule has 1 aliphatic carbocycles. The van der Waals surface area contributed by atoms with Gasteiger partial charge in [0.2, 0.25) is 0 Å². The van der Waals surface area contributed by atoms with Gasteiger partial charge >= 0.3 is 0 Å². The number of aromatic nitrogens is 2. The normalized spacial score (nSPS) is 22.6. The first kappa shape index (κ1) is 16.2. The van der Waals surface area contributed by atoms with Gasteiger partial charge in [0.25, 0.3) is 0 Å². The third-order valence-electron chi connectivity index (χ3n) is 4.37. The Balaban J connectivity index is 1.89. The van der Waals surface area contributed by atoms with Crippen LogP contribution in [0.1, 0.15) is 36.2 Å². The first-order valence-electron chi connectivity index (χ1n) is 7.54. The number of rotatable bonds is 4. The van der Waals surface area contributed by atoms with Crippen LogP contribution >= 0.6 is 11.8 Å². The lowest BCUT2D eigenvalue weighted by atomic mass is 10.2. The van der Waals surface area contributed by atoms with E-state index in [1.54, 1.807) is 0 Å². The van der Waals surface area contributed by atoms with E-state index in [0.29, 0.717) is 6.04 Å². The summed E-state index contributed by atoms with van der Waals surface area (Å²) in [5, 5.41) is 12.2. The number of hydrogen-bond acceptors (Lipinski definition) is 3. The average Bonchev–Trinajstić information content (AvgIpc) is 3.01. The van der Waals surface area contributed by atoms with E-state index in [9.17, 15) is 0 Å². The molecule has 2 atom stereocenters. The van der Waals surface area contributed by atoms with Crippen LogP contribution in [-0.2, 0) is 13.6 Å². The molecule has 6 heteroatoms. The van der Waals surface area contributed by atoms with E-state index in [1.807, 2.05) is 30.5 Å². The quantitative estimate of drug-likeness (QED) is 0.660. The number of thioether (sulfide) groups is 1. The highest BCUT2D eigenvalue weighted by Gasteiger charge is 2.24. The fourth-order valence-electron chi connectivity index (χ4n) is 2.92. The molecule has 0 bridgehead atoms. The van der Waals surface area contributed by atoms with E-state index in [-0.39, 0.29) is 0 Å². The molecule has 5 nitrogen and oxygen atoms in total. The number of nitrogens with zero attached hydrogens (tertiary/aromatic N) is 3. The summed E-state index contributed by atoms with van der Waals surface area (Å²) >= 11 is 1.98. The third-order valence-corrected chi connectivity index (χ3v) is 5.47. The molecule has 1 aromatic heterocycles. The summed E-state index contributed by atoms with van der Waals surface area (Å²) in [7, 11) is 3.82. The SMILES string of the molecule is CN=C(NCc1c(C)nn(C)c1C)NC1CCC(SC)C1. The van der Waals surface area contributed by atoms with Gasteiger partial charge in [0.05, 0.1) is 5.69 Å². The van der Waals surface area contributed by atoms with Gasteiger partial charge < -0.3 is 10.6 Å². The molecule has 1 saturated carbocycles. The molecule has 1 heterocycles. The molecular weight excluding hydrogens is 282 g/mol. The first-order chi connectivity index (χ1) is 10.0. The van der Waals surface area contributed by atoms with E-state index in [0.717, 1.165) is 23.4 Å². The molecule has 0 radical (unpaired) electrons. The van der Waals surface area contributed by atoms with Crippen molar-refractivity contribution in [1.29, 1.82) is 0 Å². The number of aliphatic imine (C=N–C) groups is 1. The van der Waals surface area contributed by atoms with Gasteiger partial charge in [-0.2, -0.15) is 16.9 Å². The van der Waals surface area contributed by atoms with Gasteiger partial charge in [-0.1, -0.05) is 0 Å². The Morgan fingerprint density at radius 1 is 1.43 bits per heavy atom. The monoisotopic (exact) mass is 309 g/mol. The molecule has 118 valence electrons. The summed E-state index contributed by atoms with van der Waals surface area (Å²) in [5.41, 5.74) is 3.55. The van der Waals surface area contributed by atoms with Crippen LogP contribution in [0.4, 0.5) is 0 Å². The predicted octanol–water partition coefficient (Wildman–Crippen LogP) is 1.99. The van der Waals surface area contributed by atoms with Gasteiger partial charge in [0.1, 0.15) is 0 Å². The van der Waals surface area contributed by atoms with Crippen LogP contribution in [-0.4, -0.2) is 40.3 Å². The highest BCUT2D eigenvalue weighted by Crippen LogP contribution is 2.28. The van der Waals surface area contributed by atoms with Crippen molar-refractivity contribution < 1.29 is 0 Å². The van der Waals surface area contributed by atoms with Crippen molar-refractivity contribution in [3.8, 4) is 0 Å². The molecule has 0 aromatic carbocycles. The molecule has 1 aliphatic rings. The second-order valence-corrected chi connectivity index (χ2v) is 6.85. The zero-order chi connectivity index (χ0) is 15.4. The number of aryl methyl sites for hydroxylation is 2. The summed E-state index contributed by atoms with van der Waals surface area (Å²) in [6, 6.07) is 0.546. The molecule has 21 heavy (non-hydrogen) atoms. The van der Waals surface area contributed by atoms with Crippen LogP contribution in [0, 0.1) is 13.8 Å². The van der Waals surface area contributed by atoms with Crippen molar-refractivity contribution in [2.75, 3.05) is 13.3 Å². The minimum absolute atomic E-state index is 0.546. The fraction of sp³-hybridized carbons (Fsp3) is 0.733. The number of nitrogens with one attached hydrogen (secondary N) is 2. The Morgan fingerprint density at radius 2 is 2.19 bits per heavy atom. The smallest absolute Gasteiger partial charge is 0.191 e. The molecule has 1 fully saturated rings. The molecule has 2 rings (SSSR count). The third kappa shape index (κ3) is 3.93. The number of hydrogen-bond donors (Lipinski definition) is 2. The topological polar surface area (TPSA) is 54.2 Å². The lowest BCUT2D eigenvalue weighted by Gasteiger charge is -2.17. The zero-order valence-corrected chi connectivity index (χ0v) is 14.5. The Morgan fingerprint density at radius 3 is 2.71 bits per heavy atom. The van der Waals surface area contributed by atoms with Crippen LogP contribution < -0.4 is 10.6 Å². The van der Waals surface area contributed by atoms with Crippen LogP contribution in [0.5, 0.6) is 0 Å². The van der Waals surface area contributed by atoms with Crippen LogP contribution in [0.15, 0.2) is 4.99 Å². The van der Waals surface area contributed by atoms with Crippen LogP contribution in [0.3, 0.4) is 0 Å². The average molecular weight is 309 g/mol. The molecule has 2 unspecified atom stereocenters. The Kier molecular flexibility index (Phi) is 5.56. The molecule has 2 N–H and O–H groups in total. The second kappa shape index (κ2) is 7.20. The minimum atomic E-state index is 0.546. The summed E-state index contributed by atoms with van der Waals surface area (Å²) in [6.07, 6.45) is 5.97. The predicted molar refractivity (Wildman–Crippen MR) is 91.0 cm³/mol. The zero-order valence-electron chi connectivity index (χ0n) is 13.7. The van der Waals surface area contributed by atoms with Gasteiger partial charge in [-0.05, 0) is 39.4 Å². The van der Waals surface area contributed by atoms with E-state index in [1.165, 1.54) is 30.5 Å². The Hall–Kier alpha value is -1.17. The molecule has 1 aromatic rings. The Bertz CT molecular complexity index is 508. The van der Waals surface area contributed by atoms with Gasteiger partial charge in [0.15, 0.2) is 5.96 Å². The van der Waals surface area contributed by atoms with Gasteiger partial charge in [-0.3, -0.25) is 9.67 Å². The molecular formula is C15H27N5S. The minimum Gasteiger partial charge on any atom is -0.354 e. The number of guanidine groups is 1. The lowest BCUT2D eigenvalue weighted by molar-refractivity contribution is 0.614. The van der Waals surface area contributed by atoms with Crippen molar-refractivity contribution in [3.63, 3.8) is 0 Å². The van der Waals surface area contributed by atoms with E-state index in [2.05, 4.69) is 40.8 Å². The van der Waals surface area contributed by atoms with Crippen molar-refractivity contribution in [1.82, 2.24) is 20.4 Å². The van der Waals surface area contributed by atoms with Crippen molar-refractivity contribution in [2.24, 2.45) is 12.0 Å². The first-order valence-corrected chi connectivity index (χ1v) is 8.83. The van der Waals surface area contributed by atoms with Crippen molar-refractivity contribution >= 4 is 17.7 Å². The van der Waals surface area contributed by atoms with Gasteiger partial charge in [-0.15, -0.1) is 0 Å². The second-order valence-electron chi connectivity index (χ2n) is 5.71. The van der Waals surface area contributed by atoms with Gasteiger partial charge in [-0.25, -0.2) is 0 Å².